The minimum Gasteiger partial charge on any atom is -0.508 e. The van der Waals surface area contributed by atoms with E-state index in [4.69, 9.17) is 13.7 Å². The summed E-state index contributed by atoms with van der Waals surface area (Å²) in [5.41, 5.74) is 1.86. The first-order valence-corrected chi connectivity index (χ1v) is 32.9. The van der Waals surface area contributed by atoms with Crippen LogP contribution in [0, 0.1) is 0 Å². The normalized spacial score (nSPS) is 15.1. The second-order valence-electron chi connectivity index (χ2n) is 20.0. The highest BCUT2D eigenvalue weighted by molar-refractivity contribution is 7.89. The molecule has 0 saturated heterocycles. The molecule has 2 aliphatic rings. The van der Waals surface area contributed by atoms with Crippen LogP contribution in [0.15, 0.2) is 181 Å². The Balaban J connectivity index is 0.823. The molecule has 1 aromatic heterocycles. The van der Waals surface area contributed by atoms with E-state index in [0.717, 1.165) is 57.5 Å². The van der Waals surface area contributed by atoms with Crippen LogP contribution < -0.4 is 29.3 Å². The van der Waals surface area contributed by atoms with Gasteiger partial charge in [-0.2, -0.15) is 40.1 Å². The van der Waals surface area contributed by atoms with Gasteiger partial charge in [0.2, 0.25) is 15.9 Å². The molecule has 3 heterocycles. The summed E-state index contributed by atoms with van der Waals surface area (Å²) in [6.45, 7) is 8.68. The van der Waals surface area contributed by atoms with Gasteiger partial charge in [-0.05, 0) is 154 Å². The van der Waals surface area contributed by atoms with Crippen LogP contribution in [0.4, 0.5) is 22.7 Å². The fourth-order valence-corrected chi connectivity index (χ4v) is 13.7. The Labute approximate surface area is 502 Å². The van der Waals surface area contributed by atoms with Crippen molar-refractivity contribution in [2.45, 2.75) is 58.8 Å². The van der Waals surface area contributed by atoms with Gasteiger partial charge in [-0.3, -0.25) is 13.9 Å². The van der Waals surface area contributed by atoms with Crippen molar-refractivity contribution in [1.29, 1.82) is 0 Å². The summed E-state index contributed by atoms with van der Waals surface area (Å²) in [6.07, 6.45) is 0.658. The van der Waals surface area contributed by atoms with Crippen molar-refractivity contribution in [2.75, 3.05) is 55.7 Å². The van der Waals surface area contributed by atoms with Crippen LogP contribution in [0.5, 0.6) is 28.9 Å². The van der Waals surface area contributed by atoms with Crippen molar-refractivity contribution >= 4 is 69.0 Å². The van der Waals surface area contributed by atoms with E-state index in [1.807, 2.05) is 57.2 Å². The van der Waals surface area contributed by atoms with Gasteiger partial charge in [0.1, 0.15) is 34.5 Å². The molecule has 0 bridgehead atoms. The van der Waals surface area contributed by atoms with E-state index in [2.05, 4.69) is 35.2 Å². The Morgan fingerprint density at radius 1 is 0.655 bits per heavy atom. The lowest BCUT2D eigenvalue weighted by Gasteiger charge is -2.37. The first kappa shape index (κ1) is 61.4. The van der Waals surface area contributed by atoms with Crippen LogP contribution in [0.3, 0.4) is 0 Å². The number of nitrogens with one attached hydrogen (secondary N) is 2. The molecule has 1 atom stereocenters. The Kier molecular flexibility index (Phi) is 17.3. The smallest absolute Gasteiger partial charge is 0.298 e. The average Bonchev–Trinajstić information content (AvgIpc) is 1.59. The third-order valence-corrected chi connectivity index (χ3v) is 19.2. The van der Waals surface area contributed by atoms with Crippen LogP contribution >= 0.6 is 0 Å². The lowest BCUT2D eigenvalue weighted by atomic mass is 9.78. The number of rotatable bonds is 23. The molecule has 10 rings (SSSR count). The average molecular weight is 1260 g/mol. The highest BCUT2D eigenvalue weighted by Crippen LogP contribution is 2.59. The second-order valence-corrected chi connectivity index (χ2v) is 26.1. The molecule has 454 valence electrons. The molecule has 1 spiro atoms. The molecule has 6 N–H and O–H groups in total. The molecule has 24 nitrogen and oxygen atoms in total. The fourth-order valence-electron chi connectivity index (χ4n) is 10.2. The summed E-state index contributed by atoms with van der Waals surface area (Å²) in [7, 11) is -17.8. The molecule has 28 heteroatoms. The number of carbonyl (C=O) groups excluding carboxylic acids is 1. The number of sulfonamides is 1. The number of hydrogen-bond donors (Lipinski definition) is 6. The summed E-state index contributed by atoms with van der Waals surface area (Å²) < 4.78 is 144. The van der Waals surface area contributed by atoms with Gasteiger partial charge >= 0.3 is 0 Å². The van der Waals surface area contributed by atoms with Gasteiger partial charge in [0.25, 0.3) is 36.3 Å². The van der Waals surface area contributed by atoms with Crippen molar-refractivity contribution in [3.05, 3.63) is 185 Å². The molecule has 1 amide bonds. The number of fused-ring (bicyclic) bond motifs is 6. The van der Waals surface area contributed by atoms with E-state index < -0.39 is 67.6 Å². The molecule has 0 fully saturated rings. The number of benzene rings is 7. The first-order valence-electron chi connectivity index (χ1n) is 27.2. The zero-order chi connectivity index (χ0) is 62.1. The maximum Gasteiger partial charge on any atom is 0.298 e. The number of aromatic nitrogens is 2. The maximum atomic E-state index is 14.3. The first-order chi connectivity index (χ1) is 41.4. The summed E-state index contributed by atoms with van der Waals surface area (Å²) in [5.74, 6) is -0.106. The maximum absolute atomic E-state index is 14.3. The molecular weight excluding hydrogens is 1200 g/mol. The topological polar surface area (TPSA) is 335 Å². The summed E-state index contributed by atoms with van der Waals surface area (Å²) in [4.78, 5) is 16.5. The van der Waals surface area contributed by atoms with Crippen LogP contribution in [0.25, 0.3) is 5.69 Å². The molecular formula is C59H58N8O16S4. The number of likely N-dealkylation sites (N-methyl/N-ethyl adjacent to an activating group) is 1. The molecule has 0 aliphatic carbocycles. The standard InChI is InChI=1S/C59H58N8O16S4/c1-4-65(5-2)42-15-26-49-52(35-42)82-53-36-43(16-27-50(53)59(49)51-28-25-48(37-54(51)87(79,80)83-59)84(71,72)61-32-30-38-7-17-44(68)18-8-38)66(6-3)33-34-81-45-19-9-39(10-20-45)29-31-60-57(69)55-56(63-62-40-11-21-46(22-12-40)85(73,74)75)58(70)67(64-55)41-13-23-47(24-14-41)86(76,77)78/h7-28,35-37,61,68,70H,4-6,29-34H2,1-3H3,(H,60,69)(H,73,74,75)(H,76,77,78)/b63-62+. The number of phenolic OH excluding ortho intramolecular Hbond substituents is 1. The van der Waals surface area contributed by atoms with Crippen LogP contribution in [-0.4, -0.2) is 115 Å². The van der Waals surface area contributed by atoms with Crippen molar-refractivity contribution in [3.8, 4) is 34.6 Å². The highest BCUT2D eigenvalue weighted by Gasteiger charge is 2.56. The number of nitrogens with zero attached hydrogens (tertiary/aromatic N) is 6. The summed E-state index contributed by atoms with van der Waals surface area (Å²) in [5, 5.41) is 35.9. The third kappa shape index (κ3) is 12.9. The Hall–Kier alpha value is -8.74. The number of amides is 1. The number of ether oxygens (including phenoxy) is 2. The van der Waals surface area contributed by atoms with E-state index in [0.29, 0.717) is 67.4 Å². The van der Waals surface area contributed by atoms with Crippen molar-refractivity contribution in [3.63, 3.8) is 0 Å². The van der Waals surface area contributed by atoms with Gasteiger partial charge in [0.05, 0.1) is 32.6 Å². The highest BCUT2D eigenvalue weighted by atomic mass is 32.2. The number of azo groups is 1. The zero-order valence-corrected chi connectivity index (χ0v) is 50.1. The summed E-state index contributed by atoms with van der Waals surface area (Å²) in [6, 6.07) is 37.7. The van der Waals surface area contributed by atoms with Gasteiger partial charge in [-0.1, -0.05) is 30.3 Å². The molecule has 8 aromatic rings. The van der Waals surface area contributed by atoms with E-state index in [1.165, 1.54) is 48.5 Å². The molecule has 7 aromatic carbocycles. The fraction of sp³-hybridized carbons (Fsp3) is 0.220. The predicted octanol–water partition coefficient (Wildman–Crippen LogP) is 8.55. The minimum absolute atomic E-state index is 0.0140. The second kappa shape index (κ2) is 24.6. The number of anilines is 2. The molecule has 87 heavy (non-hydrogen) atoms. The van der Waals surface area contributed by atoms with Crippen LogP contribution in [0.1, 0.15) is 59.1 Å². The van der Waals surface area contributed by atoms with Crippen LogP contribution in [0.2, 0.25) is 0 Å². The molecule has 1 unspecified atom stereocenters. The van der Waals surface area contributed by atoms with Crippen molar-refractivity contribution in [2.24, 2.45) is 10.2 Å². The van der Waals surface area contributed by atoms with Crippen molar-refractivity contribution < 1.29 is 71.4 Å². The van der Waals surface area contributed by atoms with Gasteiger partial charge in [-0.15, -0.1) is 5.11 Å². The summed E-state index contributed by atoms with van der Waals surface area (Å²) >= 11 is 0. The van der Waals surface area contributed by atoms with E-state index in [-0.39, 0.29) is 63.6 Å². The Morgan fingerprint density at radius 2 is 1.20 bits per heavy atom. The van der Waals surface area contributed by atoms with E-state index in [9.17, 15) is 57.8 Å². The molecule has 2 aliphatic heterocycles. The van der Waals surface area contributed by atoms with Crippen molar-refractivity contribution in [1.82, 2.24) is 19.8 Å². The third-order valence-electron chi connectivity index (χ3n) is 14.7. The number of hydrogen-bond acceptors (Lipinski definition) is 19. The Morgan fingerprint density at radius 3 is 1.78 bits per heavy atom. The van der Waals surface area contributed by atoms with Gasteiger partial charge in [0, 0.05) is 72.9 Å². The largest absolute Gasteiger partial charge is 0.508 e. The predicted molar refractivity (Wildman–Crippen MR) is 319 cm³/mol. The zero-order valence-electron chi connectivity index (χ0n) is 46.8. The number of phenols is 1. The number of aromatic hydroxyl groups is 2. The van der Waals surface area contributed by atoms with Gasteiger partial charge < -0.3 is 34.8 Å². The minimum atomic E-state index is -4.58. The quantitative estimate of drug-likeness (QED) is 0.0198. The van der Waals surface area contributed by atoms with Gasteiger partial charge in [0.15, 0.2) is 17.0 Å². The SMILES string of the molecule is CCN(CC)c1ccc2c(c1)Oc1cc(N(CC)CCOc3ccc(CCNC(=O)c4nn(-c5ccc(S(=O)(=O)O)cc5)c(O)c4/N=N/c4ccc(S(=O)(=O)O)cc4)cc3)ccc1C21OS(=O)(=O)c2cc(S(=O)(=O)NCCc3ccc(O)cc3)ccc21. The van der Waals surface area contributed by atoms with E-state index >= 15 is 0 Å². The van der Waals surface area contributed by atoms with Crippen LogP contribution in [-0.2, 0) is 63.0 Å². The lowest BCUT2D eigenvalue weighted by molar-refractivity contribution is 0.0949. The monoisotopic (exact) mass is 1260 g/mol. The lowest BCUT2D eigenvalue weighted by Crippen LogP contribution is -2.34. The number of carbonyl (C=O) groups is 1. The van der Waals surface area contributed by atoms with E-state index in [1.54, 1.807) is 36.4 Å². The molecule has 0 radical (unpaired) electrons. The molecule has 0 saturated carbocycles. The van der Waals surface area contributed by atoms with Gasteiger partial charge in [-0.25, -0.2) is 17.3 Å². The Bertz CT molecular complexity index is 4410.